The first-order valence-corrected chi connectivity index (χ1v) is 21.4. The molecule has 1 aliphatic rings. The summed E-state index contributed by atoms with van der Waals surface area (Å²) in [5.74, 6) is 1.16. The maximum absolute atomic E-state index is 13.7. The minimum Gasteiger partial charge on any atom is -0.489 e. The van der Waals surface area contributed by atoms with Gasteiger partial charge in [-0.05, 0) is 158 Å². The molecular weight excluding hydrogens is 1050 g/mol. The first-order chi connectivity index (χ1) is 20.7. The summed E-state index contributed by atoms with van der Waals surface area (Å²) in [7, 11) is -2.90. The molecule has 0 spiro atoms. The molecule has 2 unspecified atom stereocenters. The van der Waals surface area contributed by atoms with Gasteiger partial charge in [-0.3, -0.25) is 4.79 Å². The van der Waals surface area contributed by atoms with Gasteiger partial charge in [0.05, 0.1) is 20.9 Å². The average Bonchev–Trinajstić information content (AvgIpc) is 3.68. The molecule has 1 heterocycles. The van der Waals surface area contributed by atoms with Crippen molar-refractivity contribution in [1.82, 2.24) is 5.32 Å². The number of rotatable bonds is 13. The van der Waals surface area contributed by atoms with Crippen molar-refractivity contribution < 1.29 is 33.6 Å². The first-order valence-electron chi connectivity index (χ1n) is 14.9. The van der Waals surface area contributed by atoms with Gasteiger partial charge in [0.15, 0.2) is 5.75 Å². The van der Waals surface area contributed by atoms with Gasteiger partial charge in [-0.15, -0.1) is 0 Å². The number of aliphatic carboxylic acids is 1. The lowest BCUT2D eigenvalue weighted by atomic mass is 10.0. The summed E-state index contributed by atoms with van der Waals surface area (Å²) in [5.41, 5.74) is 0.194. The predicted molar refractivity (Wildman–Crippen MR) is 214 cm³/mol. The zero-order valence-corrected chi connectivity index (χ0v) is 36.8. The molecule has 1 saturated heterocycles. The van der Waals surface area contributed by atoms with Crippen LogP contribution in [0.5, 0.6) is 17.2 Å². The van der Waals surface area contributed by atoms with Crippen LogP contribution in [-0.2, 0) is 20.7 Å². The number of hydrogen-bond donors (Lipinski definition) is 2. The minimum atomic E-state index is -2.90. The standard InChI is InChI=1S/C32H43I4NO7Si/c1-17(2)45(18(3)4,19(5)6)32(29(38)39,37-30(40)44-31(7,8)9)14-20-10-23(33)28(24(34)11-20)43-21-12-25(35)27(26(36)13-21)42-16-22-15-41-22/h10-13,17-19,22H,14-16H2,1-9H3,(H,37,40)(H,38,39). The fourth-order valence-electron chi connectivity index (χ4n) is 6.89. The molecule has 0 saturated carbocycles. The Bertz CT molecular complexity index is 1340. The number of carbonyl (C=O) groups is 2. The van der Waals surface area contributed by atoms with E-state index in [9.17, 15) is 14.7 Å². The SMILES string of the molecule is CC(C)[Si](C(C)C)(C(C)C)C(Cc1cc(I)c(Oc2cc(I)c(OCC3CO3)c(I)c2)c(I)c1)(NC(=O)OC(C)(C)C)C(=O)O. The molecular formula is C32H43I4NO7Si. The lowest BCUT2D eigenvalue weighted by Gasteiger charge is -2.54. The van der Waals surface area contributed by atoms with Crippen molar-refractivity contribution in [2.75, 3.05) is 13.2 Å². The van der Waals surface area contributed by atoms with E-state index >= 15 is 0 Å². The Hall–Kier alpha value is -0.123. The maximum atomic E-state index is 13.7. The Morgan fingerprint density at radius 2 is 1.38 bits per heavy atom. The van der Waals surface area contributed by atoms with Crippen molar-refractivity contribution in [2.24, 2.45) is 0 Å². The van der Waals surface area contributed by atoms with Gasteiger partial charge in [-0.25, -0.2) is 4.79 Å². The van der Waals surface area contributed by atoms with Crippen LogP contribution < -0.4 is 14.8 Å². The second-order valence-electron chi connectivity index (χ2n) is 13.4. The first kappa shape index (κ1) is 39.3. The summed E-state index contributed by atoms with van der Waals surface area (Å²) in [6, 6.07) is 7.82. The lowest BCUT2D eigenvalue weighted by molar-refractivity contribution is -0.141. The van der Waals surface area contributed by atoms with Crippen LogP contribution >= 0.6 is 90.4 Å². The Labute approximate surface area is 322 Å². The summed E-state index contributed by atoms with van der Waals surface area (Å²) in [6.45, 7) is 19.2. The third-order valence-corrected chi connectivity index (χ3v) is 19.2. The molecule has 0 aliphatic carbocycles. The fourth-order valence-corrected chi connectivity index (χ4v) is 19.2. The summed E-state index contributed by atoms with van der Waals surface area (Å²) in [6.07, 6.45) is -0.418. The molecule has 0 bridgehead atoms. The molecule has 1 fully saturated rings. The molecule has 1 aliphatic heterocycles. The van der Waals surface area contributed by atoms with Crippen molar-refractivity contribution in [3.63, 3.8) is 0 Å². The second-order valence-corrected chi connectivity index (χ2v) is 24.2. The van der Waals surface area contributed by atoms with E-state index in [1.807, 2.05) is 24.3 Å². The largest absolute Gasteiger partial charge is 0.489 e. The van der Waals surface area contributed by atoms with Crippen molar-refractivity contribution in [3.8, 4) is 17.2 Å². The van der Waals surface area contributed by atoms with E-state index in [0.717, 1.165) is 32.2 Å². The topological polar surface area (TPSA) is 107 Å². The van der Waals surface area contributed by atoms with Gasteiger partial charge in [0.2, 0.25) is 0 Å². The van der Waals surface area contributed by atoms with Gasteiger partial charge in [-0.2, -0.15) is 0 Å². The van der Waals surface area contributed by atoms with Gasteiger partial charge >= 0.3 is 12.1 Å². The smallest absolute Gasteiger partial charge is 0.408 e. The van der Waals surface area contributed by atoms with Crippen molar-refractivity contribution in [2.45, 2.75) is 102 Å². The normalized spacial score (nSPS) is 16.5. The molecule has 2 aromatic rings. The van der Waals surface area contributed by atoms with E-state index in [2.05, 4.69) is 137 Å². The van der Waals surface area contributed by atoms with Crippen LogP contribution in [0.3, 0.4) is 0 Å². The number of hydrogen-bond acceptors (Lipinski definition) is 6. The zero-order valence-electron chi connectivity index (χ0n) is 27.1. The molecule has 250 valence electrons. The second kappa shape index (κ2) is 15.6. The summed E-state index contributed by atoms with van der Waals surface area (Å²) in [4.78, 5) is 27.1. The number of halogens is 4. The van der Waals surface area contributed by atoms with E-state index < -0.39 is 30.9 Å². The number of ether oxygens (including phenoxy) is 4. The molecule has 2 atom stereocenters. The number of nitrogens with one attached hydrogen (secondary N) is 1. The minimum absolute atomic E-state index is 0.0537. The Morgan fingerprint density at radius 3 is 1.78 bits per heavy atom. The monoisotopic (exact) mass is 1090 g/mol. The van der Waals surface area contributed by atoms with Crippen molar-refractivity contribution in [1.29, 1.82) is 0 Å². The molecule has 0 aromatic heterocycles. The van der Waals surface area contributed by atoms with E-state index in [1.165, 1.54) is 0 Å². The van der Waals surface area contributed by atoms with Crippen LogP contribution in [0, 0.1) is 14.3 Å². The summed E-state index contributed by atoms with van der Waals surface area (Å²) >= 11 is 8.99. The number of carboxylic acid groups (broad SMARTS) is 1. The highest BCUT2D eigenvalue weighted by Crippen LogP contribution is 2.50. The number of benzene rings is 2. The molecule has 2 aromatic carbocycles. The van der Waals surface area contributed by atoms with Crippen molar-refractivity contribution >= 4 is 110 Å². The Morgan fingerprint density at radius 1 is 0.911 bits per heavy atom. The lowest BCUT2D eigenvalue weighted by Crippen LogP contribution is -2.76. The zero-order chi connectivity index (χ0) is 34.1. The van der Waals surface area contributed by atoms with Crippen LogP contribution in [0.4, 0.5) is 4.79 Å². The van der Waals surface area contributed by atoms with Crippen LogP contribution in [0.2, 0.25) is 16.6 Å². The molecule has 3 rings (SSSR count). The van der Waals surface area contributed by atoms with Gasteiger partial charge < -0.3 is 29.4 Å². The molecule has 45 heavy (non-hydrogen) atoms. The quantitative estimate of drug-likeness (QED) is 0.117. The fraction of sp³-hybridized carbons (Fsp3) is 0.562. The molecule has 13 heteroatoms. The van der Waals surface area contributed by atoms with Crippen molar-refractivity contribution in [3.05, 3.63) is 44.1 Å². The van der Waals surface area contributed by atoms with Crippen LogP contribution in [0.1, 0.15) is 67.9 Å². The average molecular weight is 1090 g/mol. The summed E-state index contributed by atoms with van der Waals surface area (Å²) < 4.78 is 26.9. The van der Waals surface area contributed by atoms with E-state index in [0.29, 0.717) is 18.1 Å². The third kappa shape index (κ3) is 9.12. The van der Waals surface area contributed by atoms with Crippen LogP contribution in [-0.4, -0.2) is 55.3 Å². The molecule has 1 amide bonds. The van der Waals surface area contributed by atoms with Crippen LogP contribution in [0.15, 0.2) is 24.3 Å². The maximum Gasteiger partial charge on any atom is 0.408 e. The number of epoxide rings is 1. The molecule has 2 N–H and O–H groups in total. The molecule has 8 nitrogen and oxygen atoms in total. The Balaban J connectivity index is 2.07. The van der Waals surface area contributed by atoms with E-state index in [4.69, 9.17) is 18.9 Å². The number of alkyl carbamates (subject to hydrolysis) is 1. The third-order valence-electron chi connectivity index (χ3n) is 8.22. The van der Waals surface area contributed by atoms with Gasteiger partial charge in [0.1, 0.15) is 43.0 Å². The predicted octanol–water partition coefficient (Wildman–Crippen LogP) is 9.78. The highest BCUT2D eigenvalue weighted by molar-refractivity contribution is 14.1. The Kier molecular flexibility index (Phi) is 13.6. The summed E-state index contributed by atoms with van der Waals surface area (Å²) in [5, 5.41) is 12.6. The van der Waals surface area contributed by atoms with E-state index in [-0.39, 0.29) is 29.1 Å². The van der Waals surface area contributed by atoms with Crippen LogP contribution in [0.25, 0.3) is 0 Å². The van der Waals surface area contributed by atoms with Gasteiger partial charge in [-0.1, -0.05) is 41.5 Å². The number of amides is 1. The highest BCUT2D eigenvalue weighted by Gasteiger charge is 2.64. The molecule has 0 radical (unpaired) electrons. The van der Waals surface area contributed by atoms with Gasteiger partial charge in [0.25, 0.3) is 0 Å². The number of carboxylic acids is 1. The highest BCUT2D eigenvalue weighted by atomic mass is 127. The van der Waals surface area contributed by atoms with Gasteiger partial charge in [0, 0.05) is 6.42 Å². The van der Waals surface area contributed by atoms with E-state index in [1.54, 1.807) is 20.8 Å². The number of carbonyl (C=O) groups excluding carboxylic acids is 1.